The summed E-state index contributed by atoms with van der Waals surface area (Å²) in [5.41, 5.74) is 2.05. The van der Waals surface area contributed by atoms with Crippen LogP contribution in [0.3, 0.4) is 0 Å². The van der Waals surface area contributed by atoms with Gasteiger partial charge in [-0.1, -0.05) is 36.4 Å². The Balaban J connectivity index is 1.63. The van der Waals surface area contributed by atoms with Crippen molar-refractivity contribution in [3.05, 3.63) is 78.5 Å². The van der Waals surface area contributed by atoms with Crippen molar-refractivity contribution in [2.45, 2.75) is 57.7 Å². The lowest BCUT2D eigenvalue weighted by Gasteiger charge is -2.22. The van der Waals surface area contributed by atoms with Gasteiger partial charge in [0.25, 0.3) is 0 Å². The van der Waals surface area contributed by atoms with Gasteiger partial charge in [0.2, 0.25) is 10.0 Å². The van der Waals surface area contributed by atoms with Gasteiger partial charge in [0.05, 0.1) is 28.7 Å². The number of anilines is 2. The summed E-state index contributed by atoms with van der Waals surface area (Å²) < 4.78 is 40.6. The van der Waals surface area contributed by atoms with Crippen molar-refractivity contribution < 1.29 is 27.5 Å². The number of urea groups is 1. The van der Waals surface area contributed by atoms with Crippen LogP contribution in [0.15, 0.2) is 77.8 Å². The average molecular weight is 652 g/mol. The van der Waals surface area contributed by atoms with E-state index in [1.807, 2.05) is 30.3 Å². The summed E-state index contributed by atoms with van der Waals surface area (Å²) in [6.45, 7) is 9.08. The van der Waals surface area contributed by atoms with Gasteiger partial charge in [0.1, 0.15) is 10.8 Å². The number of benzene rings is 3. The number of nitrogens with zero attached hydrogens (tertiary/aromatic N) is 1. The Hall–Kier alpha value is -4.46. The van der Waals surface area contributed by atoms with E-state index in [2.05, 4.69) is 25.7 Å². The van der Waals surface area contributed by atoms with Crippen LogP contribution in [0.2, 0.25) is 0 Å². The standard InChI is InChI=1S/C32H37N5O6S2/c1-20(2)43-31(39)36-25-15-12-22(16-26(25)42-6)29-33-19-27(44-29)24-14-13-23(17-28(24)45(40,41)37-32(3,4)5)35-30(38)34-18-21-10-8-7-9-11-21/h7-17,19-20,37H,18H2,1-6H3,(H,36,39)(H2,34,35,38). The minimum Gasteiger partial charge on any atom is -0.495 e. The third kappa shape index (κ3) is 9.27. The Morgan fingerprint density at radius 3 is 2.38 bits per heavy atom. The predicted molar refractivity (Wildman–Crippen MR) is 177 cm³/mol. The first-order valence-corrected chi connectivity index (χ1v) is 16.4. The highest BCUT2D eigenvalue weighted by Crippen LogP contribution is 2.39. The van der Waals surface area contributed by atoms with Crippen LogP contribution in [-0.2, 0) is 21.3 Å². The van der Waals surface area contributed by atoms with Gasteiger partial charge in [-0.25, -0.2) is 27.7 Å². The quantitative estimate of drug-likeness (QED) is 0.147. The normalized spacial score (nSPS) is 11.6. The van der Waals surface area contributed by atoms with Crippen LogP contribution in [0.1, 0.15) is 40.2 Å². The summed E-state index contributed by atoms with van der Waals surface area (Å²) in [4.78, 5) is 29.9. The molecular formula is C32H37N5O6S2. The molecule has 0 radical (unpaired) electrons. The fourth-order valence-electron chi connectivity index (χ4n) is 4.25. The molecule has 0 aliphatic carbocycles. The SMILES string of the molecule is COc1cc(-c2ncc(-c3ccc(NC(=O)NCc4ccccc4)cc3S(=O)(=O)NC(C)(C)C)s2)ccc1NC(=O)OC(C)C. The van der Waals surface area contributed by atoms with Crippen molar-refractivity contribution in [3.63, 3.8) is 0 Å². The van der Waals surface area contributed by atoms with E-state index in [1.54, 1.807) is 71.1 Å². The Morgan fingerprint density at radius 2 is 1.71 bits per heavy atom. The van der Waals surface area contributed by atoms with Gasteiger partial charge in [-0.15, -0.1) is 11.3 Å². The van der Waals surface area contributed by atoms with Crippen LogP contribution in [0.5, 0.6) is 5.75 Å². The Labute approximate surface area is 267 Å². The molecule has 4 rings (SSSR count). The summed E-state index contributed by atoms with van der Waals surface area (Å²) in [6.07, 6.45) is 0.721. The Morgan fingerprint density at radius 1 is 0.978 bits per heavy atom. The number of sulfonamides is 1. The highest BCUT2D eigenvalue weighted by atomic mass is 32.2. The number of rotatable bonds is 10. The maximum atomic E-state index is 13.6. The topological polar surface area (TPSA) is 148 Å². The van der Waals surface area contributed by atoms with E-state index in [9.17, 15) is 18.0 Å². The second kappa shape index (κ2) is 14.1. The molecule has 0 aliphatic heterocycles. The molecule has 45 heavy (non-hydrogen) atoms. The third-order valence-electron chi connectivity index (χ3n) is 6.06. The second-order valence-electron chi connectivity index (χ2n) is 11.4. The monoisotopic (exact) mass is 651 g/mol. The van der Waals surface area contributed by atoms with Crippen molar-refractivity contribution in [2.24, 2.45) is 0 Å². The predicted octanol–water partition coefficient (Wildman–Crippen LogP) is 6.84. The highest BCUT2D eigenvalue weighted by Gasteiger charge is 2.27. The van der Waals surface area contributed by atoms with Gasteiger partial charge >= 0.3 is 12.1 Å². The first kappa shape index (κ1) is 33.4. The summed E-state index contributed by atoms with van der Waals surface area (Å²) in [5, 5.41) is 8.79. The summed E-state index contributed by atoms with van der Waals surface area (Å²) in [7, 11) is -2.53. The first-order chi connectivity index (χ1) is 21.2. The summed E-state index contributed by atoms with van der Waals surface area (Å²) in [6, 6.07) is 18.9. The number of carbonyl (C=O) groups is 2. The van der Waals surface area contributed by atoms with Gasteiger partial charge in [0.15, 0.2) is 0 Å². The molecule has 0 saturated heterocycles. The van der Waals surface area contributed by atoms with E-state index in [1.165, 1.54) is 24.5 Å². The van der Waals surface area contributed by atoms with Gasteiger partial charge < -0.3 is 20.1 Å². The number of thiazole rings is 1. The van der Waals surface area contributed by atoms with Crippen LogP contribution in [0.25, 0.3) is 21.0 Å². The van der Waals surface area contributed by atoms with Crippen molar-refractivity contribution in [2.75, 3.05) is 17.7 Å². The van der Waals surface area contributed by atoms with Crippen molar-refractivity contribution in [3.8, 4) is 26.8 Å². The molecule has 0 fully saturated rings. The zero-order valence-electron chi connectivity index (χ0n) is 25.9. The van der Waals surface area contributed by atoms with Gasteiger partial charge in [0, 0.05) is 35.1 Å². The van der Waals surface area contributed by atoms with E-state index in [-0.39, 0.29) is 11.0 Å². The molecule has 1 heterocycles. The molecule has 0 atom stereocenters. The van der Waals surface area contributed by atoms with Crippen molar-refractivity contribution in [1.29, 1.82) is 0 Å². The molecule has 3 amide bonds. The average Bonchev–Trinajstić information content (AvgIpc) is 3.45. The fourth-order valence-corrected chi connectivity index (χ4v) is 6.93. The minimum atomic E-state index is -4.02. The molecular weight excluding hydrogens is 615 g/mol. The first-order valence-electron chi connectivity index (χ1n) is 14.1. The van der Waals surface area contributed by atoms with Gasteiger partial charge in [-0.3, -0.25) is 5.32 Å². The van der Waals surface area contributed by atoms with Crippen LogP contribution in [-0.4, -0.2) is 44.3 Å². The molecule has 13 heteroatoms. The molecule has 0 unspecified atom stereocenters. The molecule has 4 N–H and O–H groups in total. The summed E-state index contributed by atoms with van der Waals surface area (Å²) >= 11 is 1.29. The third-order valence-corrected chi connectivity index (χ3v) is 8.94. The fraction of sp³-hybridized carbons (Fsp3) is 0.281. The number of nitrogens with one attached hydrogen (secondary N) is 4. The van der Waals surface area contributed by atoms with Gasteiger partial charge in [-0.05, 0) is 70.5 Å². The number of aromatic nitrogens is 1. The molecule has 0 saturated carbocycles. The lowest BCUT2D eigenvalue weighted by Crippen LogP contribution is -2.40. The number of ether oxygens (including phenoxy) is 2. The van der Waals surface area contributed by atoms with Crippen molar-refractivity contribution >= 4 is 44.9 Å². The maximum absolute atomic E-state index is 13.6. The molecule has 1 aromatic heterocycles. The molecule has 238 valence electrons. The van der Waals surface area contributed by atoms with Crippen LogP contribution in [0.4, 0.5) is 21.0 Å². The van der Waals surface area contributed by atoms with E-state index in [0.717, 1.165) is 5.56 Å². The smallest absolute Gasteiger partial charge is 0.411 e. The molecule has 4 aromatic rings. The Kier molecular flexibility index (Phi) is 10.5. The highest BCUT2D eigenvalue weighted by molar-refractivity contribution is 7.89. The second-order valence-corrected chi connectivity index (χ2v) is 14.1. The largest absolute Gasteiger partial charge is 0.495 e. The maximum Gasteiger partial charge on any atom is 0.411 e. The number of hydrogen-bond donors (Lipinski definition) is 4. The van der Waals surface area contributed by atoms with Crippen LogP contribution in [0, 0.1) is 0 Å². The van der Waals surface area contributed by atoms with E-state index in [0.29, 0.717) is 44.7 Å². The Bertz CT molecular complexity index is 1770. The number of methoxy groups -OCH3 is 1. The van der Waals surface area contributed by atoms with Crippen molar-refractivity contribution in [1.82, 2.24) is 15.0 Å². The molecule has 11 nitrogen and oxygen atoms in total. The molecule has 0 aliphatic rings. The molecule has 3 aromatic carbocycles. The molecule has 0 spiro atoms. The summed E-state index contributed by atoms with van der Waals surface area (Å²) in [5.74, 6) is 0.406. The minimum absolute atomic E-state index is 0.00530. The zero-order chi connectivity index (χ0) is 32.8. The van der Waals surface area contributed by atoms with Gasteiger partial charge in [-0.2, -0.15) is 0 Å². The lowest BCUT2D eigenvalue weighted by molar-refractivity contribution is 0.130. The van der Waals surface area contributed by atoms with E-state index >= 15 is 0 Å². The van der Waals surface area contributed by atoms with E-state index in [4.69, 9.17) is 9.47 Å². The number of amides is 3. The molecule has 0 bridgehead atoms. The number of carbonyl (C=O) groups excluding carboxylic acids is 2. The zero-order valence-corrected chi connectivity index (χ0v) is 27.6. The number of hydrogen-bond acceptors (Lipinski definition) is 8. The lowest BCUT2D eigenvalue weighted by atomic mass is 10.1. The van der Waals surface area contributed by atoms with Crippen LogP contribution < -0.4 is 25.4 Å². The van der Waals surface area contributed by atoms with E-state index < -0.39 is 27.7 Å². The van der Waals surface area contributed by atoms with Crippen LogP contribution >= 0.6 is 11.3 Å².